The van der Waals surface area contributed by atoms with Crippen LogP contribution in [0.2, 0.25) is 5.02 Å². The number of carbonyl (C=O) groups is 3. The monoisotopic (exact) mass is 393 g/mol. The van der Waals surface area contributed by atoms with Crippen molar-refractivity contribution >= 4 is 45.8 Å². The molecule has 26 heavy (non-hydrogen) atoms. The summed E-state index contributed by atoms with van der Waals surface area (Å²) in [5.41, 5.74) is 1.23. The lowest BCUT2D eigenvalue weighted by atomic mass is 9.99. The minimum Gasteiger partial charge on any atom is -0.469 e. The number of nitrogens with one attached hydrogen (secondary N) is 1. The zero-order valence-electron chi connectivity index (χ0n) is 14.1. The molecule has 1 N–H and O–H groups in total. The minimum absolute atomic E-state index is 0.225. The zero-order chi connectivity index (χ0) is 18.8. The fraction of sp³-hybridized carbons (Fsp3) is 0.278. The van der Waals surface area contributed by atoms with Gasteiger partial charge in [0.05, 0.1) is 25.7 Å². The van der Waals surface area contributed by atoms with Crippen LogP contribution in [0, 0.1) is 0 Å². The molecule has 3 rings (SSSR count). The Kier molecular flexibility index (Phi) is 5.29. The fourth-order valence-corrected chi connectivity index (χ4v) is 4.40. The SMILES string of the molecule is COC(=O)c1c(NC(=O)c2ccc(Cl)cc2)sc2c1[C@H](C(=O)OC)CC2. The molecule has 1 aromatic heterocycles. The highest BCUT2D eigenvalue weighted by molar-refractivity contribution is 7.17. The van der Waals surface area contributed by atoms with Crippen LogP contribution in [0.5, 0.6) is 0 Å². The standard InChI is InChI=1S/C18H16ClNO5S/c1-24-17(22)11-7-8-12-13(11)14(18(23)25-2)16(26-12)20-15(21)9-3-5-10(19)6-4-9/h3-6,11H,7-8H2,1-2H3,(H,20,21)/t11-/m1/s1. The highest BCUT2D eigenvalue weighted by Crippen LogP contribution is 2.46. The largest absolute Gasteiger partial charge is 0.469 e. The first-order valence-corrected chi connectivity index (χ1v) is 9.04. The van der Waals surface area contributed by atoms with Crippen LogP contribution in [0.1, 0.15) is 43.5 Å². The van der Waals surface area contributed by atoms with Gasteiger partial charge in [-0.25, -0.2) is 4.79 Å². The molecule has 8 heteroatoms. The van der Waals surface area contributed by atoms with Crippen molar-refractivity contribution in [2.75, 3.05) is 19.5 Å². The quantitative estimate of drug-likeness (QED) is 0.802. The van der Waals surface area contributed by atoms with E-state index in [1.165, 1.54) is 25.6 Å². The van der Waals surface area contributed by atoms with Crippen molar-refractivity contribution in [1.82, 2.24) is 0 Å². The van der Waals surface area contributed by atoms with E-state index in [2.05, 4.69) is 5.32 Å². The van der Waals surface area contributed by atoms with Crippen molar-refractivity contribution in [1.29, 1.82) is 0 Å². The Hall–Kier alpha value is -2.38. The number of fused-ring (bicyclic) bond motifs is 1. The van der Waals surface area contributed by atoms with Gasteiger partial charge in [-0.05, 0) is 42.7 Å². The second-order valence-corrected chi connectivity index (χ2v) is 7.25. The number of thiophene rings is 1. The third-order valence-electron chi connectivity index (χ3n) is 4.24. The fourth-order valence-electron chi connectivity index (χ4n) is 3.01. The topological polar surface area (TPSA) is 81.7 Å². The van der Waals surface area contributed by atoms with Gasteiger partial charge in [0.15, 0.2) is 0 Å². The predicted molar refractivity (Wildman–Crippen MR) is 98.1 cm³/mol. The molecule has 1 aromatic carbocycles. The molecule has 0 aliphatic heterocycles. The Morgan fingerprint density at radius 1 is 1.15 bits per heavy atom. The molecule has 1 aliphatic rings. The molecule has 0 bridgehead atoms. The summed E-state index contributed by atoms with van der Waals surface area (Å²) >= 11 is 7.12. The van der Waals surface area contributed by atoms with E-state index >= 15 is 0 Å². The summed E-state index contributed by atoms with van der Waals surface area (Å²) in [7, 11) is 2.58. The van der Waals surface area contributed by atoms with Gasteiger partial charge < -0.3 is 14.8 Å². The summed E-state index contributed by atoms with van der Waals surface area (Å²) in [6.45, 7) is 0. The van der Waals surface area contributed by atoms with Crippen molar-refractivity contribution in [2.24, 2.45) is 0 Å². The van der Waals surface area contributed by atoms with E-state index in [4.69, 9.17) is 21.1 Å². The van der Waals surface area contributed by atoms with Crippen LogP contribution in [0.15, 0.2) is 24.3 Å². The Bertz CT molecular complexity index is 874. The molecule has 1 amide bonds. The molecule has 6 nitrogen and oxygen atoms in total. The highest BCUT2D eigenvalue weighted by Gasteiger charge is 2.38. The first-order chi connectivity index (χ1) is 12.5. The van der Waals surface area contributed by atoms with Crippen LogP contribution >= 0.6 is 22.9 Å². The Morgan fingerprint density at radius 3 is 2.46 bits per heavy atom. The Morgan fingerprint density at radius 2 is 1.85 bits per heavy atom. The van der Waals surface area contributed by atoms with Crippen molar-refractivity contribution < 1.29 is 23.9 Å². The van der Waals surface area contributed by atoms with E-state index in [0.717, 1.165) is 4.88 Å². The number of methoxy groups -OCH3 is 2. The van der Waals surface area contributed by atoms with Crippen molar-refractivity contribution in [2.45, 2.75) is 18.8 Å². The molecule has 0 fully saturated rings. The lowest BCUT2D eigenvalue weighted by molar-refractivity contribution is -0.142. The third kappa shape index (κ3) is 3.32. The maximum atomic E-state index is 12.5. The third-order valence-corrected chi connectivity index (χ3v) is 5.67. The molecular weight excluding hydrogens is 378 g/mol. The number of hydrogen-bond acceptors (Lipinski definition) is 6. The second-order valence-electron chi connectivity index (χ2n) is 5.71. The molecule has 1 aliphatic carbocycles. The van der Waals surface area contributed by atoms with Gasteiger partial charge >= 0.3 is 11.9 Å². The number of aryl methyl sites for hydroxylation is 1. The molecule has 0 spiro atoms. The van der Waals surface area contributed by atoms with Gasteiger partial charge in [0.2, 0.25) is 0 Å². The number of esters is 2. The molecule has 1 heterocycles. The smallest absolute Gasteiger partial charge is 0.341 e. The molecule has 136 valence electrons. The number of halogens is 1. The van der Waals surface area contributed by atoms with Gasteiger partial charge in [-0.2, -0.15) is 0 Å². The van der Waals surface area contributed by atoms with Crippen LogP contribution in [0.4, 0.5) is 5.00 Å². The van der Waals surface area contributed by atoms with Gasteiger partial charge in [-0.1, -0.05) is 11.6 Å². The molecular formula is C18H16ClNO5S. The van der Waals surface area contributed by atoms with Crippen molar-refractivity contribution in [3.8, 4) is 0 Å². The number of benzene rings is 1. The lowest BCUT2D eigenvalue weighted by Gasteiger charge is -2.11. The van der Waals surface area contributed by atoms with Crippen LogP contribution in [0.25, 0.3) is 0 Å². The van der Waals surface area contributed by atoms with E-state index in [1.54, 1.807) is 24.3 Å². The molecule has 1 atom stereocenters. The summed E-state index contributed by atoms with van der Waals surface area (Å²) in [6, 6.07) is 6.40. The van der Waals surface area contributed by atoms with E-state index in [1.807, 2.05) is 0 Å². The van der Waals surface area contributed by atoms with E-state index < -0.39 is 17.9 Å². The van der Waals surface area contributed by atoms with E-state index in [0.29, 0.717) is 34.0 Å². The van der Waals surface area contributed by atoms with Crippen LogP contribution < -0.4 is 5.32 Å². The van der Waals surface area contributed by atoms with E-state index in [-0.39, 0.29) is 11.5 Å². The average molecular weight is 394 g/mol. The Labute approximate surface area is 159 Å². The first-order valence-electron chi connectivity index (χ1n) is 7.84. The summed E-state index contributed by atoms with van der Waals surface area (Å²) in [5, 5.41) is 3.64. The molecule has 0 saturated carbocycles. The average Bonchev–Trinajstić information content (AvgIpc) is 3.19. The summed E-state index contributed by atoms with van der Waals surface area (Å²) in [4.78, 5) is 37.8. The van der Waals surface area contributed by atoms with Gasteiger partial charge in [0.1, 0.15) is 5.00 Å². The second kappa shape index (κ2) is 7.47. The van der Waals surface area contributed by atoms with Gasteiger partial charge in [0, 0.05) is 15.5 Å². The normalized spacial score (nSPS) is 15.3. The van der Waals surface area contributed by atoms with Crippen LogP contribution in [0.3, 0.4) is 0 Å². The van der Waals surface area contributed by atoms with Gasteiger partial charge in [0.25, 0.3) is 5.91 Å². The molecule has 0 saturated heterocycles. The lowest BCUT2D eigenvalue weighted by Crippen LogP contribution is -2.17. The zero-order valence-corrected chi connectivity index (χ0v) is 15.7. The summed E-state index contributed by atoms with van der Waals surface area (Å²) in [5.74, 6) is -1.89. The number of anilines is 1. The summed E-state index contributed by atoms with van der Waals surface area (Å²) in [6.07, 6.45) is 1.21. The number of amides is 1. The number of hydrogen-bond donors (Lipinski definition) is 1. The molecule has 2 aromatic rings. The highest BCUT2D eigenvalue weighted by atomic mass is 35.5. The maximum absolute atomic E-state index is 12.5. The predicted octanol–water partition coefficient (Wildman–Crippen LogP) is 3.64. The molecule has 0 radical (unpaired) electrons. The van der Waals surface area contributed by atoms with Crippen molar-refractivity contribution in [3.05, 3.63) is 50.9 Å². The number of ether oxygens (including phenoxy) is 2. The number of carbonyl (C=O) groups excluding carboxylic acids is 3. The maximum Gasteiger partial charge on any atom is 0.341 e. The first kappa shape index (κ1) is 18.4. The summed E-state index contributed by atoms with van der Waals surface area (Å²) < 4.78 is 9.72. The van der Waals surface area contributed by atoms with Crippen molar-refractivity contribution in [3.63, 3.8) is 0 Å². The van der Waals surface area contributed by atoms with Gasteiger partial charge in [-0.15, -0.1) is 11.3 Å². The Balaban J connectivity index is 1.98. The van der Waals surface area contributed by atoms with Crippen LogP contribution in [-0.4, -0.2) is 32.1 Å². The number of rotatable bonds is 4. The van der Waals surface area contributed by atoms with Crippen LogP contribution in [-0.2, 0) is 20.7 Å². The van der Waals surface area contributed by atoms with Gasteiger partial charge in [-0.3, -0.25) is 9.59 Å². The van der Waals surface area contributed by atoms with E-state index in [9.17, 15) is 14.4 Å². The molecule has 0 unspecified atom stereocenters. The minimum atomic E-state index is -0.593.